The molecule has 0 aromatic heterocycles. The number of nitrogens with one attached hydrogen (secondary N) is 2. The number of benzene rings is 2. The van der Waals surface area contributed by atoms with E-state index in [1.165, 1.54) is 0 Å². The molecule has 0 radical (unpaired) electrons. The number of amides is 1. The van der Waals surface area contributed by atoms with Gasteiger partial charge in [0.05, 0.1) is 5.54 Å². The Balaban J connectivity index is 1.54. The van der Waals surface area contributed by atoms with Crippen molar-refractivity contribution in [2.24, 2.45) is 0 Å². The van der Waals surface area contributed by atoms with E-state index in [0.29, 0.717) is 13.2 Å². The molecule has 1 aliphatic carbocycles. The molecule has 2 aromatic rings. The van der Waals surface area contributed by atoms with E-state index in [1.54, 1.807) is 7.05 Å². The second-order valence-corrected chi connectivity index (χ2v) is 6.64. The van der Waals surface area contributed by atoms with Gasteiger partial charge in [-0.25, -0.2) is 0 Å². The average molecular weight is 338 g/mol. The Labute approximate surface area is 149 Å². The van der Waals surface area contributed by atoms with Gasteiger partial charge in [0.1, 0.15) is 12.4 Å². The van der Waals surface area contributed by atoms with E-state index in [4.69, 9.17) is 4.74 Å². The third-order valence-corrected chi connectivity index (χ3v) is 4.92. The molecule has 25 heavy (non-hydrogen) atoms. The van der Waals surface area contributed by atoms with E-state index < -0.39 is 5.54 Å². The number of hydrogen-bond acceptors (Lipinski definition) is 3. The Morgan fingerprint density at radius 2 is 1.68 bits per heavy atom. The summed E-state index contributed by atoms with van der Waals surface area (Å²) >= 11 is 0. The van der Waals surface area contributed by atoms with E-state index in [2.05, 4.69) is 34.9 Å². The summed E-state index contributed by atoms with van der Waals surface area (Å²) in [4.78, 5) is 12.2. The van der Waals surface area contributed by atoms with Crippen molar-refractivity contribution >= 4 is 5.91 Å². The number of ether oxygens (including phenoxy) is 1. The average Bonchev–Trinajstić information content (AvgIpc) is 3.16. The molecule has 0 atom stereocenters. The van der Waals surface area contributed by atoms with Crippen molar-refractivity contribution in [3.05, 3.63) is 65.7 Å². The first-order chi connectivity index (χ1) is 12.2. The monoisotopic (exact) mass is 338 g/mol. The van der Waals surface area contributed by atoms with Gasteiger partial charge in [-0.15, -0.1) is 0 Å². The van der Waals surface area contributed by atoms with Gasteiger partial charge in [0.25, 0.3) is 0 Å². The fourth-order valence-electron chi connectivity index (χ4n) is 3.42. The van der Waals surface area contributed by atoms with Crippen LogP contribution >= 0.6 is 0 Å². The van der Waals surface area contributed by atoms with Crippen LogP contribution in [-0.2, 0) is 17.9 Å². The second-order valence-electron chi connectivity index (χ2n) is 6.64. The predicted octanol–water partition coefficient (Wildman–Crippen LogP) is 3.41. The highest BCUT2D eigenvalue weighted by atomic mass is 16.5. The summed E-state index contributed by atoms with van der Waals surface area (Å²) in [7, 11) is 1.71. The van der Waals surface area contributed by atoms with Gasteiger partial charge < -0.3 is 10.1 Å². The lowest BCUT2D eigenvalue weighted by Crippen LogP contribution is -2.54. The van der Waals surface area contributed by atoms with E-state index in [1.807, 2.05) is 30.3 Å². The van der Waals surface area contributed by atoms with Gasteiger partial charge in [-0.05, 0) is 36.1 Å². The Hall–Kier alpha value is -2.33. The fourth-order valence-corrected chi connectivity index (χ4v) is 3.42. The Morgan fingerprint density at radius 1 is 1.00 bits per heavy atom. The van der Waals surface area contributed by atoms with Crippen molar-refractivity contribution in [2.45, 2.75) is 44.4 Å². The molecule has 0 saturated heterocycles. The van der Waals surface area contributed by atoms with Gasteiger partial charge in [-0.1, -0.05) is 55.3 Å². The molecule has 0 bridgehead atoms. The van der Waals surface area contributed by atoms with Crippen molar-refractivity contribution in [1.29, 1.82) is 0 Å². The molecule has 1 amide bonds. The fraction of sp³-hybridized carbons (Fsp3) is 0.381. The molecule has 0 aliphatic heterocycles. The van der Waals surface area contributed by atoms with Crippen LogP contribution in [0.25, 0.3) is 0 Å². The maximum atomic E-state index is 12.2. The third kappa shape index (κ3) is 4.40. The van der Waals surface area contributed by atoms with Crippen LogP contribution in [0.2, 0.25) is 0 Å². The minimum Gasteiger partial charge on any atom is -0.489 e. The van der Waals surface area contributed by atoms with Crippen LogP contribution < -0.4 is 15.4 Å². The van der Waals surface area contributed by atoms with E-state index in [9.17, 15) is 4.79 Å². The third-order valence-electron chi connectivity index (χ3n) is 4.92. The summed E-state index contributed by atoms with van der Waals surface area (Å²) in [6, 6.07) is 18.2. The van der Waals surface area contributed by atoms with Crippen LogP contribution in [0.1, 0.15) is 36.8 Å². The molecule has 132 valence electrons. The van der Waals surface area contributed by atoms with Gasteiger partial charge in [0.2, 0.25) is 5.91 Å². The quantitative estimate of drug-likeness (QED) is 0.813. The molecule has 1 aliphatic rings. The van der Waals surface area contributed by atoms with Gasteiger partial charge in [-0.3, -0.25) is 10.1 Å². The van der Waals surface area contributed by atoms with Crippen LogP contribution in [0.15, 0.2) is 54.6 Å². The van der Waals surface area contributed by atoms with E-state index in [0.717, 1.165) is 42.6 Å². The summed E-state index contributed by atoms with van der Waals surface area (Å²) in [5.74, 6) is 0.960. The topological polar surface area (TPSA) is 50.4 Å². The highest BCUT2D eigenvalue weighted by Gasteiger charge is 2.39. The zero-order valence-electron chi connectivity index (χ0n) is 14.8. The van der Waals surface area contributed by atoms with E-state index >= 15 is 0 Å². The van der Waals surface area contributed by atoms with Crippen LogP contribution in [0.4, 0.5) is 0 Å². The van der Waals surface area contributed by atoms with Crippen LogP contribution in [0, 0.1) is 0 Å². The van der Waals surface area contributed by atoms with Gasteiger partial charge >= 0.3 is 0 Å². The Bertz CT molecular complexity index is 677. The first kappa shape index (κ1) is 17.5. The Morgan fingerprint density at radius 3 is 2.32 bits per heavy atom. The summed E-state index contributed by atoms with van der Waals surface area (Å²) in [6.07, 6.45) is 4.02. The molecule has 1 fully saturated rings. The molecule has 1 saturated carbocycles. The first-order valence-corrected chi connectivity index (χ1v) is 8.95. The number of hydrogen-bond donors (Lipinski definition) is 2. The molecule has 2 aromatic carbocycles. The lowest BCUT2D eigenvalue weighted by atomic mass is 9.96. The van der Waals surface area contributed by atoms with E-state index in [-0.39, 0.29) is 5.91 Å². The minimum absolute atomic E-state index is 0.104. The molecule has 3 rings (SSSR count). The molecule has 2 N–H and O–H groups in total. The molecule has 4 heteroatoms. The van der Waals surface area contributed by atoms with Crippen molar-refractivity contribution in [1.82, 2.24) is 10.6 Å². The van der Waals surface area contributed by atoms with Crippen molar-refractivity contribution in [3.8, 4) is 5.75 Å². The Kier molecular flexibility index (Phi) is 5.71. The molecule has 0 unspecified atom stereocenters. The SMILES string of the molecule is CNC(=O)C1(NCc2ccc(OCc3ccccc3)cc2)CCCC1. The lowest BCUT2D eigenvalue weighted by molar-refractivity contribution is -0.127. The predicted molar refractivity (Wildman–Crippen MR) is 99.3 cm³/mol. The smallest absolute Gasteiger partial charge is 0.240 e. The van der Waals surface area contributed by atoms with Crippen LogP contribution in [-0.4, -0.2) is 18.5 Å². The van der Waals surface area contributed by atoms with Gasteiger partial charge in [0.15, 0.2) is 0 Å². The maximum Gasteiger partial charge on any atom is 0.240 e. The zero-order valence-corrected chi connectivity index (χ0v) is 14.8. The maximum absolute atomic E-state index is 12.2. The van der Waals surface area contributed by atoms with Gasteiger partial charge in [-0.2, -0.15) is 0 Å². The van der Waals surface area contributed by atoms with Gasteiger partial charge in [0, 0.05) is 13.6 Å². The number of carbonyl (C=O) groups excluding carboxylic acids is 1. The van der Waals surface area contributed by atoms with Crippen molar-refractivity contribution < 1.29 is 9.53 Å². The van der Waals surface area contributed by atoms with Crippen LogP contribution in [0.5, 0.6) is 5.75 Å². The number of rotatable bonds is 7. The highest BCUT2D eigenvalue weighted by molar-refractivity contribution is 5.86. The summed E-state index contributed by atoms with van der Waals surface area (Å²) in [5.41, 5.74) is 1.90. The van der Waals surface area contributed by atoms with Crippen molar-refractivity contribution in [2.75, 3.05) is 7.05 Å². The summed E-state index contributed by atoms with van der Waals surface area (Å²) in [6.45, 7) is 1.25. The normalized spacial score (nSPS) is 15.7. The zero-order chi connectivity index (χ0) is 17.5. The number of carbonyl (C=O) groups is 1. The molecular formula is C21H26N2O2. The molecule has 0 spiro atoms. The number of likely N-dealkylation sites (N-methyl/N-ethyl adjacent to an activating group) is 1. The summed E-state index contributed by atoms with van der Waals surface area (Å²) < 4.78 is 5.82. The lowest BCUT2D eigenvalue weighted by Gasteiger charge is -2.28. The summed E-state index contributed by atoms with van der Waals surface area (Å²) in [5, 5.41) is 6.29. The van der Waals surface area contributed by atoms with Crippen LogP contribution in [0.3, 0.4) is 0 Å². The highest BCUT2D eigenvalue weighted by Crippen LogP contribution is 2.30. The molecule has 4 nitrogen and oxygen atoms in total. The molecule has 0 heterocycles. The minimum atomic E-state index is -0.406. The molecular weight excluding hydrogens is 312 g/mol. The first-order valence-electron chi connectivity index (χ1n) is 8.95. The second kappa shape index (κ2) is 8.17. The largest absolute Gasteiger partial charge is 0.489 e. The standard InChI is InChI=1S/C21H26N2O2/c1-22-20(24)21(13-5-6-14-21)23-15-17-9-11-19(12-10-17)25-16-18-7-3-2-4-8-18/h2-4,7-12,23H,5-6,13-16H2,1H3,(H,22,24). The van der Waals surface area contributed by atoms with Crippen molar-refractivity contribution in [3.63, 3.8) is 0 Å².